The van der Waals surface area contributed by atoms with Gasteiger partial charge in [0.1, 0.15) is 5.69 Å². The lowest BCUT2D eigenvalue weighted by Gasteiger charge is -2.21. The van der Waals surface area contributed by atoms with Gasteiger partial charge in [0.25, 0.3) is 0 Å². The van der Waals surface area contributed by atoms with E-state index in [9.17, 15) is 18.0 Å². The molecule has 0 aromatic carbocycles. The number of aromatic nitrogens is 2. The highest BCUT2D eigenvalue weighted by Gasteiger charge is 2.33. The molecule has 0 saturated heterocycles. The van der Waals surface area contributed by atoms with Crippen molar-refractivity contribution in [2.24, 2.45) is 5.92 Å². The zero-order chi connectivity index (χ0) is 15.6. The van der Waals surface area contributed by atoms with E-state index >= 15 is 0 Å². The first-order valence-electron chi connectivity index (χ1n) is 6.53. The van der Waals surface area contributed by atoms with E-state index in [2.05, 4.69) is 4.98 Å². The lowest BCUT2D eigenvalue weighted by molar-refractivity contribution is -0.0322. The summed E-state index contributed by atoms with van der Waals surface area (Å²) in [6.45, 7) is 4.28. The van der Waals surface area contributed by atoms with Gasteiger partial charge in [0, 0.05) is 12.1 Å². The molecule has 114 valence electrons. The minimum absolute atomic E-state index is 0.112. The molecule has 7 heteroatoms. The molecule has 1 aromatic heterocycles. The Morgan fingerprint density at radius 1 is 1.48 bits per heavy atom. The molecule has 1 atom stereocenters. The molecular formula is C14H15F3N2OS. The first-order valence-corrected chi connectivity index (χ1v) is 7.34. The number of nitrogens with zero attached hydrogens (tertiary/aromatic N) is 2. The summed E-state index contributed by atoms with van der Waals surface area (Å²) >= 11 is -0.112. The molecule has 1 heterocycles. The van der Waals surface area contributed by atoms with Crippen molar-refractivity contribution in [2.75, 3.05) is 0 Å². The second-order valence-electron chi connectivity index (χ2n) is 4.80. The third-order valence-electron chi connectivity index (χ3n) is 3.28. The van der Waals surface area contributed by atoms with Crippen LogP contribution in [0.3, 0.4) is 0 Å². The normalized spacial score (nSPS) is 19.2. The van der Waals surface area contributed by atoms with Crippen molar-refractivity contribution in [1.82, 2.24) is 9.55 Å². The SMILES string of the molecule is CCn1cncc1C(=O)C1=CC=C(SC(F)(F)F)CC1C. The molecular weight excluding hydrogens is 301 g/mol. The summed E-state index contributed by atoms with van der Waals surface area (Å²) in [4.78, 5) is 16.6. The van der Waals surface area contributed by atoms with Crippen molar-refractivity contribution in [3.05, 3.63) is 40.8 Å². The predicted molar refractivity (Wildman–Crippen MR) is 75.8 cm³/mol. The van der Waals surface area contributed by atoms with Gasteiger partial charge < -0.3 is 4.57 Å². The number of allylic oxidation sites excluding steroid dienone is 4. The third kappa shape index (κ3) is 3.78. The Hall–Kier alpha value is -1.50. The maximum atomic E-state index is 12.5. The van der Waals surface area contributed by atoms with Gasteiger partial charge in [-0.1, -0.05) is 19.1 Å². The Kier molecular flexibility index (Phi) is 4.61. The second-order valence-corrected chi connectivity index (χ2v) is 5.99. The van der Waals surface area contributed by atoms with Crippen molar-refractivity contribution in [3.63, 3.8) is 0 Å². The fraction of sp³-hybridized carbons (Fsp3) is 0.429. The molecule has 0 amide bonds. The number of aryl methyl sites for hydroxylation is 1. The summed E-state index contributed by atoms with van der Waals surface area (Å²) in [6.07, 6.45) is 6.17. The van der Waals surface area contributed by atoms with E-state index in [-0.39, 0.29) is 34.8 Å². The standard InChI is InChI=1S/C14H15F3N2OS/c1-3-19-8-18-7-12(19)13(20)11-5-4-10(6-9(11)2)21-14(15,16)17/h4-5,7-9H,3,6H2,1-2H3. The number of Topliss-reactive ketones (excluding diaryl/α,β-unsaturated/α-hetero) is 1. The summed E-state index contributed by atoms with van der Waals surface area (Å²) in [5.41, 5.74) is -3.30. The van der Waals surface area contributed by atoms with Crippen LogP contribution < -0.4 is 0 Å². The summed E-state index contributed by atoms with van der Waals surface area (Å²) in [5.74, 6) is -0.415. The number of ketones is 1. The van der Waals surface area contributed by atoms with Crippen LogP contribution in [0.1, 0.15) is 30.8 Å². The van der Waals surface area contributed by atoms with Gasteiger partial charge in [0.2, 0.25) is 5.78 Å². The number of alkyl halides is 3. The molecule has 2 rings (SSSR count). The first-order chi connectivity index (χ1) is 9.81. The number of carbonyl (C=O) groups excluding carboxylic acids is 1. The van der Waals surface area contributed by atoms with Crippen LogP contribution in [0.2, 0.25) is 0 Å². The lowest BCUT2D eigenvalue weighted by Crippen LogP contribution is -2.17. The fourth-order valence-corrected chi connectivity index (χ4v) is 3.03. The van der Waals surface area contributed by atoms with Crippen LogP contribution in [0.25, 0.3) is 0 Å². The molecule has 0 N–H and O–H groups in total. The molecule has 0 fully saturated rings. The highest BCUT2D eigenvalue weighted by Crippen LogP contribution is 2.41. The van der Waals surface area contributed by atoms with Crippen LogP contribution in [0.15, 0.2) is 35.2 Å². The van der Waals surface area contributed by atoms with Crippen LogP contribution in [0.5, 0.6) is 0 Å². The van der Waals surface area contributed by atoms with Gasteiger partial charge in [-0.05, 0) is 35.9 Å². The van der Waals surface area contributed by atoms with E-state index in [0.717, 1.165) is 0 Å². The van der Waals surface area contributed by atoms with Crippen molar-refractivity contribution in [2.45, 2.75) is 32.3 Å². The highest BCUT2D eigenvalue weighted by atomic mass is 32.2. The average molecular weight is 316 g/mol. The van der Waals surface area contributed by atoms with E-state index in [0.29, 0.717) is 17.8 Å². The number of thioether (sulfide) groups is 1. The maximum absolute atomic E-state index is 12.5. The number of hydrogen-bond donors (Lipinski definition) is 0. The number of carbonyl (C=O) groups is 1. The average Bonchev–Trinajstić information content (AvgIpc) is 2.84. The van der Waals surface area contributed by atoms with E-state index in [1.807, 2.05) is 6.92 Å². The van der Waals surface area contributed by atoms with Crippen molar-refractivity contribution in [1.29, 1.82) is 0 Å². The van der Waals surface area contributed by atoms with Crippen LogP contribution in [-0.4, -0.2) is 20.8 Å². The molecule has 0 bridgehead atoms. The Morgan fingerprint density at radius 2 is 2.19 bits per heavy atom. The topological polar surface area (TPSA) is 34.9 Å². The zero-order valence-corrected chi connectivity index (χ0v) is 12.5. The summed E-state index contributed by atoms with van der Waals surface area (Å²) in [6, 6.07) is 0. The largest absolute Gasteiger partial charge is 0.446 e. The second kappa shape index (κ2) is 6.09. The molecule has 0 spiro atoms. The zero-order valence-electron chi connectivity index (χ0n) is 11.6. The minimum Gasteiger partial charge on any atom is -0.328 e. The Morgan fingerprint density at radius 3 is 2.76 bits per heavy atom. The predicted octanol–water partition coefficient (Wildman–Crippen LogP) is 4.19. The molecule has 1 aliphatic carbocycles. The summed E-state index contributed by atoms with van der Waals surface area (Å²) in [7, 11) is 0. The summed E-state index contributed by atoms with van der Waals surface area (Å²) < 4.78 is 38.8. The van der Waals surface area contributed by atoms with Gasteiger partial charge in [0.15, 0.2) is 0 Å². The van der Waals surface area contributed by atoms with Crippen LogP contribution in [-0.2, 0) is 6.54 Å². The van der Waals surface area contributed by atoms with E-state index in [1.165, 1.54) is 18.3 Å². The van der Waals surface area contributed by atoms with E-state index < -0.39 is 5.51 Å². The maximum Gasteiger partial charge on any atom is 0.446 e. The number of rotatable bonds is 4. The van der Waals surface area contributed by atoms with E-state index in [1.54, 1.807) is 17.8 Å². The molecule has 0 saturated carbocycles. The van der Waals surface area contributed by atoms with Gasteiger partial charge in [-0.2, -0.15) is 13.2 Å². The van der Waals surface area contributed by atoms with Gasteiger partial charge >= 0.3 is 5.51 Å². The molecule has 1 unspecified atom stereocenters. The lowest BCUT2D eigenvalue weighted by atomic mass is 9.89. The molecule has 21 heavy (non-hydrogen) atoms. The Balaban J connectivity index is 2.22. The van der Waals surface area contributed by atoms with Gasteiger partial charge in [-0.15, -0.1) is 0 Å². The van der Waals surface area contributed by atoms with Gasteiger partial charge in [-0.25, -0.2) is 4.98 Å². The van der Waals surface area contributed by atoms with Crippen LogP contribution in [0, 0.1) is 5.92 Å². The molecule has 1 aromatic rings. The van der Waals surface area contributed by atoms with Crippen molar-refractivity contribution < 1.29 is 18.0 Å². The summed E-state index contributed by atoms with van der Waals surface area (Å²) in [5, 5.41) is 0. The van der Waals surface area contributed by atoms with E-state index in [4.69, 9.17) is 0 Å². The monoisotopic (exact) mass is 316 g/mol. The smallest absolute Gasteiger partial charge is 0.328 e. The van der Waals surface area contributed by atoms with Gasteiger partial charge in [-0.3, -0.25) is 4.79 Å². The fourth-order valence-electron chi connectivity index (χ4n) is 2.26. The molecule has 1 aliphatic rings. The molecule has 0 radical (unpaired) electrons. The van der Waals surface area contributed by atoms with Gasteiger partial charge in [0.05, 0.1) is 12.5 Å². The first kappa shape index (κ1) is 15.9. The van der Waals surface area contributed by atoms with Crippen molar-refractivity contribution >= 4 is 17.5 Å². The van der Waals surface area contributed by atoms with Crippen LogP contribution >= 0.6 is 11.8 Å². The Bertz CT molecular complexity index is 602. The number of halogens is 3. The van der Waals surface area contributed by atoms with Crippen LogP contribution in [0.4, 0.5) is 13.2 Å². The highest BCUT2D eigenvalue weighted by molar-refractivity contribution is 8.03. The van der Waals surface area contributed by atoms with Crippen molar-refractivity contribution in [3.8, 4) is 0 Å². The Labute approximate surface area is 124 Å². The number of hydrogen-bond acceptors (Lipinski definition) is 3. The minimum atomic E-state index is -4.29. The molecule has 0 aliphatic heterocycles. The molecule has 3 nitrogen and oxygen atoms in total. The third-order valence-corrected chi connectivity index (χ3v) is 4.08. The number of imidazole rings is 1. The quantitative estimate of drug-likeness (QED) is 0.781.